The zero-order valence-electron chi connectivity index (χ0n) is 12.4. The van der Waals surface area contributed by atoms with E-state index in [-0.39, 0.29) is 16.6 Å². The van der Waals surface area contributed by atoms with Crippen molar-refractivity contribution in [3.8, 4) is 0 Å². The molecule has 5 nitrogen and oxygen atoms in total. The molecule has 6 heteroatoms. The Morgan fingerprint density at radius 3 is 2.62 bits per heavy atom. The van der Waals surface area contributed by atoms with Crippen LogP contribution in [0.1, 0.15) is 33.1 Å². The summed E-state index contributed by atoms with van der Waals surface area (Å²) in [6, 6.07) is 6.56. The highest BCUT2D eigenvalue weighted by molar-refractivity contribution is 7.91. The minimum atomic E-state index is -3.32. The van der Waals surface area contributed by atoms with Gasteiger partial charge in [-0.15, -0.1) is 0 Å². The summed E-state index contributed by atoms with van der Waals surface area (Å²) < 4.78 is 24.5. The van der Waals surface area contributed by atoms with E-state index in [0.717, 1.165) is 12.8 Å². The lowest BCUT2D eigenvalue weighted by atomic mass is 10.2. The highest BCUT2D eigenvalue weighted by atomic mass is 32.2. The molecule has 0 aromatic heterocycles. The normalized spacial score (nSPS) is 16.3. The topological polar surface area (TPSA) is 75.3 Å². The van der Waals surface area contributed by atoms with Crippen LogP contribution in [-0.4, -0.2) is 32.2 Å². The first-order chi connectivity index (χ1) is 9.94. The van der Waals surface area contributed by atoms with Gasteiger partial charge in [-0.1, -0.05) is 19.1 Å². The van der Waals surface area contributed by atoms with Crippen molar-refractivity contribution >= 4 is 21.4 Å². The van der Waals surface area contributed by atoms with Crippen molar-refractivity contribution in [2.75, 3.05) is 11.1 Å². The summed E-state index contributed by atoms with van der Waals surface area (Å²) in [6.07, 6.45) is 2.62. The van der Waals surface area contributed by atoms with Crippen molar-refractivity contribution in [1.29, 1.82) is 0 Å². The molecular weight excluding hydrogens is 288 g/mol. The lowest BCUT2D eigenvalue weighted by molar-refractivity contribution is -0.121. The Hall–Kier alpha value is -1.56. The van der Waals surface area contributed by atoms with Gasteiger partial charge >= 0.3 is 0 Å². The first-order valence-electron chi connectivity index (χ1n) is 7.32. The number of amides is 1. The Balaban J connectivity index is 2.14. The second-order valence-electron chi connectivity index (χ2n) is 5.46. The lowest BCUT2D eigenvalue weighted by Gasteiger charge is -2.17. The zero-order chi connectivity index (χ0) is 15.5. The van der Waals surface area contributed by atoms with Gasteiger partial charge in [-0.3, -0.25) is 4.79 Å². The third kappa shape index (κ3) is 4.20. The van der Waals surface area contributed by atoms with Crippen molar-refractivity contribution in [2.24, 2.45) is 0 Å². The van der Waals surface area contributed by atoms with Crippen LogP contribution in [0.3, 0.4) is 0 Å². The van der Waals surface area contributed by atoms with Gasteiger partial charge in [0, 0.05) is 6.04 Å². The predicted octanol–water partition coefficient (Wildman–Crippen LogP) is 1.95. The Morgan fingerprint density at radius 2 is 2.00 bits per heavy atom. The monoisotopic (exact) mass is 310 g/mol. The summed E-state index contributed by atoms with van der Waals surface area (Å²) >= 11 is 0. The van der Waals surface area contributed by atoms with Crippen LogP contribution >= 0.6 is 0 Å². The van der Waals surface area contributed by atoms with E-state index in [1.54, 1.807) is 31.2 Å². The number of benzene rings is 1. The predicted molar refractivity (Wildman–Crippen MR) is 83.0 cm³/mol. The number of hydrogen-bond donors (Lipinski definition) is 2. The van der Waals surface area contributed by atoms with Gasteiger partial charge in [0.25, 0.3) is 0 Å². The molecule has 2 N–H and O–H groups in total. The molecule has 1 fully saturated rings. The maximum absolute atomic E-state index is 12.3. The van der Waals surface area contributed by atoms with Gasteiger partial charge in [-0.2, -0.15) is 0 Å². The summed E-state index contributed by atoms with van der Waals surface area (Å²) in [7, 11) is -3.32. The largest absolute Gasteiger partial charge is 0.373 e. The summed E-state index contributed by atoms with van der Waals surface area (Å²) in [5, 5.41) is 5.92. The number of sulfone groups is 1. The molecule has 0 bridgehead atoms. The second kappa shape index (κ2) is 6.47. The van der Waals surface area contributed by atoms with E-state index < -0.39 is 15.9 Å². The van der Waals surface area contributed by atoms with Gasteiger partial charge in [0.1, 0.15) is 6.04 Å². The maximum Gasteiger partial charge on any atom is 0.242 e. The van der Waals surface area contributed by atoms with Crippen LogP contribution in [0.2, 0.25) is 0 Å². The van der Waals surface area contributed by atoms with Crippen LogP contribution in [0.25, 0.3) is 0 Å². The van der Waals surface area contributed by atoms with E-state index >= 15 is 0 Å². The summed E-state index contributed by atoms with van der Waals surface area (Å²) in [5.41, 5.74) is 0.490. The minimum Gasteiger partial charge on any atom is -0.373 e. The van der Waals surface area contributed by atoms with E-state index in [1.807, 2.05) is 6.92 Å². The lowest BCUT2D eigenvalue weighted by Crippen LogP contribution is -2.38. The fraction of sp³-hybridized carbons (Fsp3) is 0.533. The summed E-state index contributed by atoms with van der Waals surface area (Å²) in [6.45, 7) is 3.57. The van der Waals surface area contributed by atoms with E-state index in [1.165, 1.54) is 0 Å². The summed E-state index contributed by atoms with van der Waals surface area (Å²) in [4.78, 5) is 12.2. The molecule has 1 saturated carbocycles. The van der Waals surface area contributed by atoms with Gasteiger partial charge in [-0.25, -0.2) is 8.42 Å². The van der Waals surface area contributed by atoms with Crippen LogP contribution in [0.4, 0.5) is 5.69 Å². The number of nitrogens with one attached hydrogen (secondary N) is 2. The highest BCUT2D eigenvalue weighted by Crippen LogP contribution is 2.24. The van der Waals surface area contributed by atoms with Crippen molar-refractivity contribution in [2.45, 2.75) is 50.1 Å². The average molecular weight is 310 g/mol. The molecule has 116 valence electrons. The molecule has 21 heavy (non-hydrogen) atoms. The summed E-state index contributed by atoms with van der Waals surface area (Å²) in [5.74, 6) is 0.00846. The Labute approximate surface area is 126 Å². The zero-order valence-corrected chi connectivity index (χ0v) is 13.2. The molecule has 0 saturated heterocycles. The van der Waals surface area contributed by atoms with Crippen molar-refractivity contribution < 1.29 is 13.2 Å². The number of hydrogen-bond acceptors (Lipinski definition) is 4. The van der Waals surface area contributed by atoms with Crippen LogP contribution in [-0.2, 0) is 14.6 Å². The molecule has 1 aliphatic rings. The van der Waals surface area contributed by atoms with Crippen molar-refractivity contribution in [1.82, 2.24) is 5.32 Å². The van der Waals surface area contributed by atoms with Crippen molar-refractivity contribution in [3.05, 3.63) is 24.3 Å². The number of carbonyl (C=O) groups is 1. The van der Waals surface area contributed by atoms with Crippen LogP contribution in [0, 0.1) is 0 Å². The van der Waals surface area contributed by atoms with Gasteiger partial charge in [0.2, 0.25) is 5.91 Å². The molecule has 1 amide bonds. The molecule has 1 aromatic rings. The number of anilines is 1. The van der Waals surface area contributed by atoms with Gasteiger partial charge < -0.3 is 10.6 Å². The van der Waals surface area contributed by atoms with Crippen LogP contribution in [0.5, 0.6) is 0 Å². The Bertz CT molecular complexity index is 609. The molecule has 1 aliphatic carbocycles. The first kappa shape index (κ1) is 15.8. The van der Waals surface area contributed by atoms with E-state index in [9.17, 15) is 13.2 Å². The quantitative estimate of drug-likeness (QED) is 0.807. The Kier molecular flexibility index (Phi) is 4.88. The first-order valence-corrected chi connectivity index (χ1v) is 8.98. The molecule has 0 spiro atoms. The Morgan fingerprint density at radius 1 is 1.33 bits per heavy atom. The molecular formula is C15H22N2O3S. The van der Waals surface area contributed by atoms with E-state index in [2.05, 4.69) is 10.6 Å². The average Bonchev–Trinajstić information content (AvgIpc) is 3.23. The number of rotatable bonds is 7. The number of carbonyl (C=O) groups excluding carboxylic acids is 1. The van der Waals surface area contributed by atoms with E-state index in [4.69, 9.17) is 0 Å². The fourth-order valence-corrected chi connectivity index (χ4v) is 3.59. The second-order valence-corrected chi connectivity index (χ2v) is 7.54. The smallest absolute Gasteiger partial charge is 0.242 e. The highest BCUT2D eigenvalue weighted by Gasteiger charge is 2.26. The van der Waals surface area contributed by atoms with Crippen LogP contribution in [0.15, 0.2) is 29.2 Å². The molecule has 1 atom stereocenters. The molecule has 0 radical (unpaired) electrons. The molecule has 0 heterocycles. The van der Waals surface area contributed by atoms with Crippen molar-refractivity contribution in [3.63, 3.8) is 0 Å². The fourth-order valence-electron chi connectivity index (χ4n) is 2.09. The third-order valence-corrected chi connectivity index (χ3v) is 5.36. The third-order valence-electron chi connectivity index (χ3n) is 3.38. The molecule has 1 unspecified atom stereocenters. The standard InChI is InChI=1S/C15H22N2O3S/c1-3-10-21(19,20)14-7-5-4-6-13(14)16-11(2)15(18)17-12-8-9-12/h4-7,11-12,16H,3,8-10H2,1-2H3,(H,17,18). The van der Waals surface area contributed by atoms with E-state index in [0.29, 0.717) is 18.2 Å². The SMILES string of the molecule is CCCS(=O)(=O)c1ccccc1NC(C)C(=O)NC1CC1. The minimum absolute atomic E-state index is 0.0970. The molecule has 1 aromatic carbocycles. The van der Waals surface area contributed by atoms with Gasteiger partial charge in [0.15, 0.2) is 9.84 Å². The molecule has 2 rings (SSSR count). The van der Waals surface area contributed by atoms with Gasteiger partial charge in [0.05, 0.1) is 16.3 Å². The van der Waals surface area contributed by atoms with Crippen LogP contribution < -0.4 is 10.6 Å². The van der Waals surface area contributed by atoms with Gasteiger partial charge in [-0.05, 0) is 38.3 Å². The maximum atomic E-state index is 12.3. The number of para-hydroxylation sites is 1. The molecule has 0 aliphatic heterocycles.